The van der Waals surface area contributed by atoms with Crippen molar-refractivity contribution >= 4 is 81.0 Å². The number of rotatable bonds is 2. The van der Waals surface area contributed by atoms with Crippen molar-refractivity contribution < 1.29 is 4.79 Å². The van der Waals surface area contributed by atoms with Crippen LogP contribution < -0.4 is 10.6 Å². The largest absolute Gasteiger partial charge is 0.368 e. The third-order valence-electron chi connectivity index (χ3n) is 3.16. The Balaban J connectivity index is 2.03. The first-order valence-corrected chi connectivity index (χ1v) is 9.15. The van der Waals surface area contributed by atoms with Crippen LogP contribution in [0.3, 0.4) is 0 Å². The quantitative estimate of drug-likeness (QED) is 0.503. The Morgan fingerprint density at radius 2 is 1.67 bits per heavy atom. The Bertz CT molecular complexity index is 725. The van der Waals surface area contributed by atoms with Gasteiger partial charge >= 0.3 is 0 Å². The summed E-state index contributed by atoms with van der Waals surface area (Å²) in [7, 11) is 0. The average Bonchev–Trinajstić information content (AvgIpc) is 2.71. The monoisotopic (exact) mass is 536 g/mol. The van der Waals surface area contributed by atoms with Crippen LogP contribution >= 0.6 is 63.7 Å². The summed E-state index contributed by atoms with van der Waals surface area (Å²) in [5.41, 5.74) is 2.59. The van der Waals surface area contributed by atoms with Crippen molar-refractivity contribution in [1.29, 1.82) is 0 Å². The highest BCUT2D eigenvalue weighted by Gasteiger charge is 2.33. The zero-order chi connectivity index (χ0) is 15.1. The lowest BCUT2D eigenvalue weighted by molar-refractivity contribution is -0.116. The molecule has 2 aromatic rings. The third-order valence-corrected chi connectivity index (χ3v) is 5.56. The second-order valence-corrected chi connectivity index (χ2v) is 7.99. The van der Waals surface area contributed by atoms with Gasteiger partial charge in [0.05, 0.1) is 5.69 Å². The Hall–Kier alpha value is -0.370. The molecular formula is C14H8Br4N2O. The molecule has 0 radical (unpaired) electrons. The number of benzene rings is 2. The van der Waals surface area contributed by atoms with Crippen LogP contribution in [0.2, 0.25) is 0 Å². The van der Waals surface area contributed by atoms with E-state index >= 15 is 0 Å². The highest BCUT2D eigenvalue weighted by molar-refractivity contribution is 9.11. The lowest BCUT2D eigenvalue weighted by Gasteiger charge is -2.17. The van der Waals surface area contributed by atoms with E-state index in [4.69, 9.17) is 0 Å². The summed E-state index contributed by atoms with van der Waals surface area (Å²) in [5.74, 6) is -0.0707. The molecule has 1 unspecified atom stereocenters. The number of hydrogen-bond acceptors (Lipinski definition) is 2. The molecule has 0 spiro atoms. The predicted molar refractivity (Wildman–Crippen MR) is 98.7 cm³/mol. The molecule has 2 aromatic carbocycles. The van der Waals surface area contributed by atoms with Gasteiger partial charge in [0, 0.05) is 29.1 Å². The van der Waals surface area contributed by atoms with E-state index in [9.17, 15) is 4.79 Å². The van der Waals surface area contributed by atoms with Crippen molar-refractivity contribution in [2.45, 2.75) is 6.04 Å². The summed E-state index contributed by atoms with van der Waals surface area (Å²) < 4.78 is 3.60. The molecule has 1 aliphatic rings. The number of amides is 1. The number of anilines is 2. The number of carbonyl (C=O) groups is 1. The highest BCUT2D eigenvalue weighted by Crippen LogP contribution is 2.42. The molecule has 1 heterocycles. The maximum atomic E-state index is 12.2. The van der Waals surface area contributed by atoms with Gasteiger partial charge in [-0.2, -0.15) is 0 Å². The second kappa shape index (κ2) is 6.02. The SMILES string of the molecule is O=C1Nc2cccc(Br)c2C1Nc1c(Br)cc(Br)cc1Br. The van der Waals surface area contributed by atoms with Gasteiger partial charge in [0.1, 0.15) is 6.04 Å². The van der Waals surface area contributed by atoms with Gasteiger partial charge in [-0.3, -0.25) is 4.79 Å². The first-order valence-electron chi connectivity index (χ1n) is 5.97. The third kappa shape index (κ3) is 2.93. The minimum atomic E-state index is -0.440. The molecule has 0 bridgehead atoms. The van der Waals surface area contributed by atoms with Crippen molar-refractivity contribution in [2.24, 2.45) is 0 Å². The summed E-state index contributed by atoms with van der Waals surface area (Å²) in [6, 6.07) is 9.15. The first kappa shape index (κ1) is 15.5. The zero-order valence-electron chi connectivity index (χ0n) is 10.4. The molecule has 0 saturated carbocycles. The molecule has 1 amide bonds. The number of fused-ring (bicyclic) bond motifs is 1. The van der Waals surface area contributed by atoms with E-state index in [0.717, 1.165) is 34.8 Å². The maximum Gasteiger partial charge on any atom is 0.251 e. The van der Waals surface area contributed by atoms with Crippen LogP contribution in [-0.4, -0.2) is 5.91 Å². The van der Waals surface area contributed by atoms with Gasteiger partial charge in [0.2, 0.25) is 0 Å². The Labute approximate surface area is 155 Å². The van der Waals surface area contributed by atoms with E-state index < -0.39 is 6.04 Å². The van der Waals surface area contributed by atoms with Crippen LogP contribution in [-0.2, 0) is 4.79 Å². The topological polar surface area (TPSA) is 41.1 Å². The standard InChI is InChI=1S/C14H8Br4N2O/c15-6-4-8(17)12(9(18)5-6)20-13-11-7(16)2-1-3-10(11)19-14(13)21/h1-5,13,20H,(H,19,21). The molecule has 21 heavy (non-hydrogen) atoms. The lowest BCUT2D eigenvalue weighted by atomic mass is 10.1. The average molecular weight is 540 g/mol. The number of carbonyl (C=O) groups excluding carboxylic acids is 1. The van der Waals surface area contributed by atoms with E-state index in [2.05, 4.69) is 74.4 Å². The van der Waals surface area contributed by atoms with Crippen molar-refractivity contribution in [1.82, 2.24) is 0 Å². The van der Waals surface area contributed by atoms with Gasteiger partial charge in [-0.25, -0.2) is 0 Å². The zero-order valence-corrected chi connectivity index (χ0v) is 16.7. The second-order valence-electron chi connectivity index (χ2n) is 4.51. The van der Waals surface area contributed by atoms with Gasteiger partial charge < -0.3 is 10.6 Å². The number of halogens is 4. The van der Waals surface area contributed by atoms with E-state index in [0.29, 0.717) is 0 Å². The van der Waals surface area contributed by atoms with Gasteiger partial charge in [0.25, 0.3) is 5.91 Å². The van der Waals surface area contributed by atoms with Crippen molar-refractivity contribution in [3.8, 4) is 0 Å². The molecule has 1 atom stereocenters. The molecule has 0 saturated heterocycles. The molecular weight excluding hydrogens is 532 g/mol. The summed E-state index contributed by atoms with van der Waals surface area (Å²) in [4.78, 5) is 12.2. The van der Waals surface area contributed by atoms with Gasteiger partial charge in [0.15, 0.2) is 0 Å². The van der Waals surface area contributed by atoms with Crippen LogP contribution in [0.4, 0.5) is 11.4 Å². The maximum absolute atomic E-state index is 12.2. The van der Waals surface area contributed by atoms with Crippen LogP contribution in [0.25, 0.3) is 0 Å². The molecule has 108 valence electrons. The Morgan fingerprint density at radius 1 is 1.00 bits per heavy atom. The van der Waals surface area contributed by atoms with Gasteiger partial charge in [-0.1, -0.05) is 37.9 Å². The van der Waals surface area contributed by atoms with E-state index in [-0.39, 0.29) is 5.91 Å². The van der Waals surface area contributed by atoms with Crippen LogP contribution in [0.5, 0.6) is 0 Å². The summed E-state index contributed by atoms with van der Waals surface area (Å²) in [5, 5.41) is 6.18. The van der Waals surface area contributed by atoms with Crippen LogP contribution in [0.15, 0.2) is 48.2 Å². The smallest absolute Gasteiger partial charge is 0.251 e. The fourth-order valence-corrected chi connectivity index (χ4v) is 5.32. The molecule has 7 heteroatoms. The van der Waals surface area contributed by atoms with Crippen LogP contribution in [0.1, 0.15) is 11.6 Å². The van der Waals surface area contributed by atoms with Crippen molar-refractivity contribution in [2.75, 3.05) is 10.6 Å². The minimum absolute atomic E-state index is 0.0707. The van der Waals surface area contributed by atoms with Crippen molar-refractivity contribution in [3.63, 3.8) is 0 Å². The summed E-state index contributed by atoms with van der Waals surface area (Å²) in [6.45, 7) is 0. The Kier molecular flexibility index (Phi) is 4.45. The predicted octanol–water partition coefficient (Wildman–Crippen LogP) is 5.84. The molecule has 3 rings (SSSR count). The minimum Gasteiger partial charge on any atom is -0.368 e. The summed E-state index contributed by atoms with van der Waals surface area (Å²) in [6.07, 6.45) is 0. The van der Waals surface area contributed by atoms with Crippen molar-refractivity contribution in [3.05, 3.63) is 53.8 Å². The summed E-state index contributed by atoms with van der Waals surface area (Å²) >= 11 is 14.0. The van der Waals surface area contributed by atoms with Gasteiger partial charge in [-0.15, -0.1) is 0 Å². The van der Waals surface area contributed by atoms with E-state index in [1.807, 2.05) is 30.3 Å². The first-order chi connectivity index (χ1) is 9.97. The molecule has 0 aromatic heterocycles. The van der Waals surface area contributed by atoms with E-state index in [1.54, 1.807) is 0 Å². The molecule has 2 N–H and O–H groups in total. The fourth-order valence-electron chi connectivity index (χ4n) is 2.24. The van der Waals surface area contributed by atoms with E-state index in [1.165, 1.54) is 0 Å². The molecule has 0 aliphatic carbocycles. The number of hydrogen-bond donors (Lipinski definition) is 2. The Morgan fingerprint density at radius 3 is 2.33 bits per heavy atom. The van der Waals surface area contributed by atoms with Gasteiger partial charge in [-0.05, 0) is 56.1 Å². The normalized spacial score (nSPS) is 16.6. The fraction of sp³-hybridized carbons (Fsp3) is 0.0714. The molecule has 1 aliphatic heterocycles. The molecule has 3 nitrogen and oxygen atoms in total. The van der Waals surface area contributed by atoms with Crippen LogP contribution in [0, 0.1) is 0 Å². The molecule has 0 fully saturated rings. The lowest BCUT2D eigenvalue weighted by Crippen LogP contribution is -2.20. The number of nitrogens with one attached hydrogen (secondary N) is 2. The highest BCUT2D eigenvalue weighted by atomic mass is 79.9.